The van der Waals surface area contributed by atoms with E-state index in [1.54, 1.807) is 0 Å². The Bertz CT molecular complexity index is 505. The summed E-state index contributed by atoms with van der Waals surface area (Å²) in [7, 11) is 0. The van der Waals surface area contributed by atoms with E-state index in [-0.39, 0.29) is 5.92 Å². The van der Waals surface area contributed by atoms with Crippen molar-refractivity contribution in [3.63, 3.8) is 0 Å². The molecular weight excluding hydrogens is 264 g/mol. The van der Waals surface area contributed by atoms with Gasteiger partial charge in [-0.05, 0) is 25.3 Å². The normalized spacial score (nSPS) is 19.8. The minimum Gasteiger partial charge on any atom is -0.355 e. The van der Waals surface area contributed by atoms with Crippen LogP contribution in [0.1, 0.15) is 44.9 Å². The minimum absolute atomic E-state index is 0.153. The van der Waals surface area contributed by atoms with E-state index in [2.05, 4.69) is 28.7 Å². The number of hydrogen-bond acceptors (Lipinski definition) is 4. The molecule has 0 spiro atoms. The SMILES string of the molecule is CC(C)c1nccc(N2CC(C(=O)N3CCCCC3)C2)n1. The van der Waals surface area contributed by atoms with E-state index in [4.69, 9.17) is 0 Å². The van der Waals surface area contributed by atoms with E-state index in [0.29, 0.717) is 11.8 Å². The van der Waals surface area contributed by atoms with Gasteiger partial charge in [0.15, 0.2) is 0 Å². The van der Waals surface area contributed by atoms with Crippen LogP contribution in [0.25, 0.3) is 0 Å². The van der Waals surface area contributed by atoms with Crippen LogP contribution in [0.4, 0.5) is 5.82 Å². The van der Waals surface area contributed by atoms with Gasteiger partial charge in [-0.2, -0.15) is 0 Å². The quantitative estimate of drug-likeness (QED) is 0.854. The molecule has 0 N–H and O–H groups in total. The fourth-order valence-electron chi connectivity index (χ4n) is 3.01. The van der Waals surface area contributed by atoms with Gasteiger partial charge < -0.3 is 9.80 Å². The van der Waals surface area contributed by atoms with Gasteiger partial charge in [0.2, 0.25) is 5.91 Å². The highest BCUT2D eigenvalue weighted by Gasteiger charge is 2.36. The average Bonchev–Trinajstić information content (AvgIpc) is 2.47. The summed E-state index contributed by atoms with van der Waals surface area (Å²) in [6, 6.07) is 1.94. The molecule has 5 heteroatoms. The van der Waals surface area contributed by atoms with Crippen LogP contribution in [0.15, 0.2) is 12.3 Å². The highest BCUT2D eigenvalue weighted by molar-refractivity contribution is 5.82. The van der Waals surface area contributed by atoms with E-state index in [9.17, 15) is 4.79 Å². The van der Waals surface area contributed by atoms with Gasteiger partial charge in [0.05, 0.1) is 5.92 Å². The van der Waals surface area contributed by atoms with Gasteiger partial charge >= 0.3 is 0 Å². The lowest BCUT2D eigenvalue weighted by Crippen LogP contribution is -2.55. The van der Waals surface area contributed by atoms with Gasteiger partial charge in [0, 0.05) is 38.3 Å². The summed E-state index contributed by atoms with van der Waals surface area (Å²) in [5.74, 6) is 2.65. The monoisotopic (exact) mass is 288 g/mol. The first kappa shape index (κ1) is 14.3. The molecule has 0 saturated carbocycles. The highest BCUT2D eigenvalue weighted by Crippen LogP contribution is 2.26. The van der Waals surface area contributed by atoms with Crippen molar-refractivity contribution in [3.8, 4) is 0 Å². The number of aromatic nitrogens is 2. The zero-order chi connectivity index (χ0) is 14.8. The summed E-state index contributed by atoms with van der Waals surface area (Å²) < 4.78 is 0. The highest BCUT2D eigenvalue weighted by atomic mass is 16.2. The number of piperidine rings is 1. The van der Waals surface area contributed by atoms with Gasteiger partial charge in [0.1, 0.15) is 11.6 Å². The van der Waals surface area contributed by atoms with Crippen molar-refractivity contribution in [3.05, 3.63) is 18.1 Å². The standard InChI is InChI=1S/C16H24N4O/c1-12(2)15-17-7-6-14(18-15)20-10-13(11-20)16(21)19-8-4-3-5-9-19/h6-7,12-13H,3-5,8-11H2,1-2H3. The summed E-state index contributed by atoms with van der Waals surface area (Å²) in [4.78, 5) is 25.5. The summed E-state index contributed by atoms with van der Waals surface area (Å²) >= 11 is 0. The smallest absolute Gasteiger partial charge is 0.229 e. The van der Waals surface area contributed by atoms with E-state index in [0.717, 1.165) is 50.7 Å². The molecule has 2 saturated heterocycles. The van der Waals surface area contributed by atoms with Crippen molar-refractivity contribution in [1.82, 2.24) is 14.9 Å². The molecule has 2 aliphatic rings. The molecule has 0 aromatic carbocycles. The third-order valence-electron chi connectivity index (χ3n) is 4.40. The van der Waals surface area contributed by atoms with E-state index in [1.165, 1.54) is 6.42 Å². The number of rotatable bonds is 3. The number of hydrogen-bond donors (Lipinski definition) is 0. The molecule has 0 aliphatic carbocycles. The molecule has 2 fully saturated rings. The lowest BCUT2D eigenvalue weighted by molar-refractivity contribution is -0.137. The summed E-state index contributed by atoms with van der Waals surface area (Å²) in [6.45, 7) is 7.67. The molecule has 0 atom stereocenters. The van der Waals surface area contributed by atoms with Crippen LogP contribution in [0.5, 0.6) is 0 Å². The molecule has 5 nitrogen and oxygen atoms in total. The largest absolute Gasteiger partial charge is 0.355 e. The van der Waals surface area contributed by atoms with Crippen LogP contribution in [0, 0.1) is 5.92 Å². The first-order valence-corrected chi connectivity index (χ1v) is 8.02. The van der Waals surface area contributed by atoms with Crippen LogP contribution < -0.4 is 4.90 Å². The predicted octanol–water partition coefficient (Wildman–Crippen LogP) is 2.05. The second-order valence-corrected chi connectivity index (χ2v) is 6.42. The fraction of sp³-hybridized carbons (Fsp3) is 0.688. The zero-order valence-electron chi connectivity index (χ0n) is 13.0. The summed E-state index contributed by atoms with van der Waals surface area (Å²) in [6.07, 6.45) is 5.40. The number of anilines is 1. The van der Waals surface area contributed by atoms with Crippen LogP contribution >= 0.6 is 0 Å². The van der Waals surface area contributed by atoms with Gasteiger partial charge in [0.25, 0.3) is 0 Å². The minimum atomic E-state index is 0.153. The average molecular weight is 288 g/mol. The number of carbonyl (C=O) groups excluding carboxylic acids is 1. The molecule has 1 aromatic heterocycles. The number of amides is 1. The van der Waals surface area contributed by atoms with Gasteiger partial charge in [-0.15, -0.1) is 0 Å². The molecule has 1 amide bonds. The Morgan fingerprint density at radius 1 is 1.24 bits per heavy atom. The van der Waals surface area contributed by atoms with Crippen LogP contribution in [0.2, 0.25) is 0 Å². The molecule has 3 rings (SSSR count). The van der Waals surface area contributed by atoms with Crippen molar-refractivity contribution < 1.29 is 4.79 Å². The lowest BCUT2D eigenvalue weighted by Gasteiger charge is -2.42. The second kappa shape index (κ2) is 6.00. The van der Waals surface area contributed by atoms with Crippen LogP contribution in [-0.4, -0.2) is 47.0 Å². The molecule has 21 heavy (non-hydrogen) atoms. The van der Waals surface area contributed by atoms with Gasteiger partial charge in [-0.25, -0.2) is 9.97 Å². The molecule has 0 unspecified atom stereocenters. The van der Waals surface area contributed by atoms with E-state index < -0.39 is 0 Å². The molecule has 0 bridgehead atoms. The topological polar surface area (TPSA) is 49.3 Å². The Hall–Kier alpha value is -1.65. The van der Waals surface area contributed by atoms with E-state index >= 15 is 0 Å². The summed E-state index contributed by atoms with van der Waals surface area (Å²) in [5, 5.41) is 0. The summed E-state index contributed by atoms with van der Waals surface area (Å²) in [5.41, 5.74) is 0. The molecule has 1 aromatic rings. The zero-order valence-corrected chi connectivity index (χ0v) is 13.0. The van der Waals surface area contributed by atoms with Crippen molar-refractivity contribution in [1.29, 1.82) is 0 Å². The van der Waals surface area contributed by atoms with Gasteiger partial charge in [-0.1, -0.05) is 13.8 Å². The van der Waals surface area contributed by atoms with Crippen molar-refractivity contribution in [2.75, 3.05) is 31.1 Å². The second-order valence-electron chi connectivity index (χ2n) is 6.42. The number of carbonyl (C=O) groups is 1. The molecule has 0 radical (unpaired) electrons. The Morgan fingerprint density at radius 3 is 2.62 bits per heavy atom. The maximum Gasteiger partial charge on any atom is 0.229 e. The Labute approximate surface area is 126 Å². The molecular formula is C16H24N4O. The molecule has 3 heterocycles. The maximum atomic E-state index is 12.4. The molecule has 114 valence electrons. The van der Waals surface area contributed by atoms with Crippen LogP contribution in [-0.2, 0) is 4.79 Å². The molecule has 2 aliphatic heterocycles. The Morgan fingerprint density at radius 2 is 1.95 bits per heavy atom. The van der Waals surface area contributed by atoms with Crippen LogP contribution in [0.3, 0.4) is 0 Å². The van der Waals surface area contributed by atoms with Crippen molar-refractivity contribution in [2.24, 2.45) is 5.92 Å². The number of nitrogens with zero attached hydrogens (tertiary/aromatic N) is 4. The lowest BCUT2D eigenvalue weighted by atomic mass is 9.97. The first-order valence-electron chi connectivity index (χ1n) is 8.02. The Balaban J connectivity index is 1.57. The third-order valence-corrected chi connectivity index (χ3v) is 4.40. The maximum absolute atomic E-state index is 12.4. The third kappa shape index (κ3) is 3.01. The van der Waals surface area contributed by atoms with Crippen molar-refractivity contribution in [2.45, 2.75) is 39.0 Å². The van der Waals surface area contributed by atoms with E-state index in [1.807, 2.05) is 17.2 Å². The predicted molar refractivity (Wildman–Crippen MR) is 82.3 cm³/mol. The first-order chi connectivity index (χ1) is 10.1. The van der Waals surface area contributed by atoms with Crippen molar-refractivity contribution >= 4 is 11.7 Å². The number of likely N-dealkylation sites (tertiary alicyclic amines) is 1. The van der Waals surface area contributed by atoms with Gasteiger partial charge in [-0.3, -0.25) is 4.79 Å². The fourth-order valence-corrected chi connectivity index (χ4v) is 3.01. The Kier molecular flexibility index (Phi) is 4.08.